The minimum atomic E-state index is -0.287. The molecule has 2 aliphatic carbocycles. The SMILES string of the molecule is COC[C@H](C)NC1CCC(Cc2cc(-c3cncc(NCC4CC4)c3)c(F)cn2)CC1. The van der Waals surface area contributed by atoms with Crippen LogP contribution < -0.4 is 10.6 Å². The number of methoxy groups -OCH3 is 1. The Bertz CT molecular complexity index is 849. The summed E-state index contributed by atoms with van der Waals surface area (Å²) in [6, 6.07) is 4.86. The molecule has 2 heterocycles. The van der Waals surface area contributed by atoms with Crippen LogP contribution in [0.15, 0.2) is 30.7 Å². The van der Waals surface area contributed by atoms with E-state index in [2.05, 4.69) is 27.5 Å². The predicted molar refractivity (Wildman–Crippen MR) is 123 cm³/mol. The lowest BCUT2D eigenvalue weighted by Crippen LogP contribution is -2.41. The topological polar surface area (TPSA) is 59.1 Å². The normalized spacial score (nSPS) is 22.3. The summed E-state index contributed by atoms with van der Waals surface area (Å²) >= 11 is 0. The number of ether oxygens (including phenoxy) is 1. The second-order valence-electron chi connectivity index (χ2n) is 9.39. The number of pyridine rings is 2. The third-order valence-corrected chi connectivity index (χ3v) is 6.53. The fraction of sp³-hybridized carbons (Fsp3) is 0.600. The zero-order valence-corrected chi connectivity index (χ0v) is 18.7. The third-order valence-electron chi connectivity index (χ3n) is 6.53. The van der Waals surface area contributed by atoms with Crippen LogP contribution in [0.3, 0.4) is 0 Å². The molecule has 0 saturated heterocycles. The van der Waals surface area contributed by atoms with Gasteiger partial charge in [-0.1, -0.05) is 0 Å². The van der Waals surface area contributed by atoms with E-state index in [0.29, 0.717) is 23.6 Å². The Balaban J connectivity index is 1.35. The van der Waals surface area contributed by atoms with E-state index < -0.39 is 0 Å². The minimum absolute atomic E-state index is 0.287. The van der Waals surface area contributed by atoms with Crippen molar-refractivity contribution in [2.24, 2.45) is 11.8 Å². The smallest absolute Gasteiger partial charge is 0.149 e. The van der Waals surface area contributed by atoms with E-state index in [0.717, 1.165) is 42.4 Å². The van der Waals surface area contributed by atoms with E-state index in [9.17, 15) is 4.39 Å². The molecule has 2 N–H and O–H groups in total. The quantitative estimate of drug-likeness (QED) is 0.570. The number of hydrogen-bond acceptors (Lipinski definition) is 5. The van der Waals surface area contributed by atoms with Gasteiger partial charge in [-0.25, -0.2) is 4.39 Å². The number of anilines is 1. The lowest BCUT2D eigenvalue weighted by molar-refractivity contribution is 0.158. The summed E-state index contributed by atoms with van der Waals surface area (Å²) in [7, 11) is 1.75. The van der Waals surface area contributed by atoms with Gasteiger partial charge in [-0.2, -0.15) is 0 Å². The predicted octanol–water partition coefficient (Wildman–Crippen LogP) is 4.83. The largest absolute Gasteiger partial charge is 0.384 e. The highest BCUT2D eigenvalue weighted by atomic mass is 19.1. The van der Waals surface area contributed by atoms with Gasteiger partial charge in [-0.05, 0) is 75.8 Å². The molecule has 1 atom stereocenters. The van der Waals surface area contributed by atoms with Gasteiger partial charge in [0.05, 0.1) is 18.5 Å². The molecule has 0 aliphatic heterocycles. The molecule has 0 spiro atoms. The first-order chi connectivity index (χ1) is 15.1. The van der Waals surface area contributed by atoms with Gasteiger partial charge in [-0.15, -0.1) is 0 Å². The van der Waals surface area contributed by atoms with Gasteiger partial charge in [0, 0.05) is 55.0 Å². The van der Waals surface area contributed by atoms with Crippen molar-refractivity contribution in [1.29, 1.82) is 0 Å². The van der Waals surface area contributed by atoms with E-state index in [1.165, 1.54) is 44.7 Å². The first-order valence-electron chi connectivity index (χ1n) is 11.7. The molecule has 168 valence electrons. The fourth-order valence-electron chi connectivity index (χ4n) is 4.61. The second-order valence-corrected chi connectivity index (χ2v) is 9.39. The molecule has 0 aromatic carbocycles. The molecule has 0 radical (unpaired) electrons. The average Bonchev–Trinajstić information content (AvgIpc) is 3.60. The summed E-state index contributed by atoms with van der Waals surface area (Å²) in [5, 5.41) is 7.09. The van der Waals surface area contributed by atoms with Crippen molar-refractivity contribution < 1.29 is 9.13 Å². The minimum Gasteiger partial charge on any atom is -0.384 e. The Morgan fingerprint density at radius 3 is 2.58 bits per heavy atom. The van der Waals surface area contributed by atoms with Crippen LogP contribution in [-0.4, -0.2) is 42.3 Å². The molecule has 2 fully saturated rings. The molecular formula is C25H35FN4O. The van der Waals surface area contributed by atoms with Gasteiger partial charge in [0.2, 0.25) is 0 Å². The van der Waals surface area contributed by atoms with Crippen LogP contribution in [0.2, 0.25) is 0 Å². The monoisotopic (exact) mass is 426 g/mol. The molecule has 5 nitrogen and oxygen atoms in total. The van der Waals surface area contributed by atoms with Crippen molar-refractivity contribution in [2.45, 2.75) is 64.0 Å². The van der Waals surface area contributed by atoms with Crippen LogP contribution in [0, 0.1) is 17.7 Å². The number of halogens is 1. The number of nitrogens with zero attached hydrogens (tertiary/aromatic N) is 2. The van der Waals surface area contributed by atoms with Crippen molar-refractivity contribution in [3.8, 4) is 11.1 Å². The molecule has 2 saturated carbocycles. The van der Waals surface area contributed by atoms with Gasteiger partial charge < -0.3 is 15.4 Å². The van der Waals surface area contributed by atoms with Gasteiger partial charge in [0.1, 0.15) is 5.82 Å². The molecule has 0 unspecified atom stereocenters. The lowest BCUT2D eigenvalue weighted by atomic mass is 9.83. The molecule has 2 aromatic heterocycles. The standard InChI is InChI=1S/C25H35FN4O/c1-17(16-31-2)30-21-7-5-18(6-8-21)9-22-11-24(25(26)15-29-22)20-10-23(14-27-13-20)28-12-19-3-4-19/h10-11,13-15,17-19,21,28,30H,3-9,12,16H2,1-2H3/t17-,18?,21?/m0/s1. The molecule has 6 heteroatoms. The van der Waals surface area contributed by atoms with E-state index in [-0.39, 0.29) is 5.82 Å². The first-order valence-corrected chi connectivity index (χ1v) is 11.7. The molecule has 2 aliphatic rings. The van der Waals surface area contributed by atoms with Crippen molar-refractivity contribution >= 4 is 5.69 Å². The maximum atomic E-state index is 14.6. The molecule has 2 aromatic rings. The summed E-state index contributed by atoms with van der Waals surface area (Å²) < 4.78 is 19.8. The van der Waals surface area contributed by atoms with E-state index >= 15 is 0 Å². The highest BCUT2D eigenvalue weighted by molar-refractivity contribution is 5.67. The van der Waals surface area contributed by atoms with Crippen molar-refractivity contribution in [3.63, 3.8) is 0 Å². The van der Waals surface area contributed by atoms with E-state index in [1.54, 1.807) is 13.3 Å². The number of hydrogen-bond donors (Lipinski definition) is 2. The van der Waals surface area contributed by atoms with Crippen LogP contribution in [0.5, 0.6) is 0 Å². The van der Waals surface area contributed by atoms with Crippen molar-refractivity contribution in [2.75, 3.05) is 25.6 Å². The molecule has 0 amide bonds. The van der Waals surface area contributed by atoms with Crippen LogP contribution >= 0.6 is 0 Å². The van der Waals surface area contributed by atoms with Gasteiger partial charge in [0.15, 0.2) is 0 Å². The highest BCUT2D eigenvalue weighted by Crippen LogP contribution is 2.31. The second kappa shape index (κ2) is 10.5. The maximum absolute atomic E-state index is 14.6. The zero-order chi connectivity index (χ0) is 21.6. The van der Waals surface area contributed by atoms with Crippen LogP contribution in [0.1, 0.15) is 51.1 Å². The van der Waals surface area contributed by atoms with E-state index in [4.69, 9.17) is 4.74 Å². The highest BCUT2D eigenvalue weighted by Gasteiger charge is 2.23. The third kappa shape index (κ3) is 6.47. The molecule has 4 rings (SSSR count). The van der Waals surface area contributed by atoms with E-state index in [1.807, 2.05) is 18.3 Å². The van der Waals surface area contributed by atoms with Crippen molar-refractivity contribution in [1.82, 2.24) is 15.3 Å². The average molecular weight is 427 g/mol. The summed E-state index contributed by atoms with van der Waals surface area (Å²) in [6.07, 6.45) is 13.1. The number of aromatic nitrogens is 2. The molecule has 0 bridgehead atoms. The fourth-order valence-corrected chi connectivity index (χ4v) is 4.61. The Labute approximate surface area is 185 Å². The van der Waals surface area contributed by atoms with Crippen LogP contribution in [0.25, 0.3) is 11.1 Å². The Morgan fingerprint density at radius 1 is 1.06 bits per heavy atom. The van der Waals surface area contributed by atoms with Gasteiger partial charge in [0.25, 0.3) is 0 Å². The van der Waals surface area contributed by atoms with Crippen LogP contribution in [0.4, 0.5) is 10.1 Å². The number of rotatable bonds is 10. The number of nitrogens with one attached hydrogen (secondary N) is 2. The summed E-state index contributed by atoms with van der Waals surface area (Å²) in [6.45, 7) is 3.89. The lowest BCUT2D eigenvalue weighted by Gasteiger charge is -2.31. The Morgan fingerprint density at radius 2 is 1.84 bits per heavy atom. The van der Waals surface area contributed by atoms with Crippen molar-refractivity contribution in [3.05, 3.63) is 42.2 Å². The zero-order valence-electron chi connectivity index (χ0n) is 18.7. The van der Waals surface area contributed by atoms with Gasteiger partial charge in [-0.3, -0.25) is 9.97 Å². The summed E-state index contributed by atoms with van der Waals surface area (Å²) in [5.41, 5.74) is 3.32. The molecule has 31 heavy (non-hydrogen) atoms. The first kappa shape index (κ1) is 22.2. The maximum Gasteiger partial charge on any atom is 0.149 e. The van der Waals surface area contributed by atoms with Crippen LogP contribution in [-0.2, 0) is 11.2 Å². The Hall–Kier alpha value is -2.05. The molecular weight excluding hydrogens is 391 g/mol. The summed E-state index contributed by atoms with van der Waals surface area (Å²) in [5.74, 6) is 1.09. The summed E-state index contributed by atoms with van der Waals surface area (Å²) in [4.78, 5) is 8.72. The Kier molecular flexibility index (Phi) is 7.51. The van der Waals surface area contributed by atoms with Gasteiger partial charge >= 0.3 is 0 Å².